The number of rotatable bonds is 10. The van der Waals surface area contributed by atoms with E-state index in [0.29, 0.717) is 6.42 Å². The van der Waals surface area contributed by atoms with E-state index in [1.807, 2.05) is 6.92 Å². The van der Waals surface area contributed by atoms with E-state index >= 15 is 0 Å². The van der Waals surface area contributed by atoms with E-state index < -0.39 is 11.5 Å². The maximum Gasteiger partial charge on any atom is 0.325 e. The first kappa shape index (κ1) is 18.4. The molecule has 0 fully saturated rings. The second-order valence-corrected chi connectivity index (χ2v) is 5.72. The minimum atomic E-state index is -0.976. The van der Waals surface area contributed by atoms with Gasteiger partial charge in [0.15, 0.2) is 0 Å². The van der Waals surface area contributed by atoms with Gasteiger partial charge in [-0.15, -0.1) is 0 Å². The SMILES string of the molecule is CCCCCCC(C)OC(C)CC(C)(N)C(=O)OC. The van der Waals surface area contributed by atoms with E-state index in [1.54, 1.807) is 6.92 Å². The van der Waals surface area contributed by atoms with Gasteiger partial charge in [-0.05, 0) is 27.2 Å². The van der Waals surface area contributed by atoms with E-state index in [-0.39, 0.29) is 12.2 Å². The Morgan fingerprint density at radius 1 is 1.21 bits per heavy atom. The lowest BCUT2D eigenvalue weighted by atomic mass is 9.96. The highest BCUT2D eigenvalue weighted by Gasteiger charge is 2.32. The summed E-state index contributed by atoms with van der Waals surface area (Å²) in [5.74, 6) is -0.390. The van der Waals surface area contributed by atoms with E-state index in [4.69, 9.17) is 15.2 Å². The van der Waals surface area contributed by atoms with Crippen LogP contribution in [-0.2, 0) is 14.3 Å². The first-order valence-corrected chi connectivity index (χ1v) is 7.36. The summed E-state index contributed by atoms with van der Waals surface area (Å²) in [6, 6.07) is 0. The van der Waals surface area contributed by atoms with Gasteiger partial charge in [-0.3, -0.25) is 4.79 Å². The highest BCUT2D eigenvalue weighted by molar-refractivity contribution is 5.79. The van der Waals surface area contributed by atoms with Gasteiger partial charge >= 0.3 is 5.97 Å². The highest BCUT2D eigenvalue weighted by atomic mass is 16.5. The summed E-state index contributed by atoms with van der Waals surface area (Å²) < 4.78 is 10.6. The molecule has 0 aliphatic rings. The van der Waals surface area contributed by atoms with Crippen molar-refractivity contribution in [1.82, 2.24) is 0 Å². The molecular formula is C15H31NO3. The molecule has 0 saturated carbocycles. The van der Waals surface area contributed by atoms with Crippen LogP contribution in [0.5, 0.6) is 0 Å². The molecule has 4 heteroatoms. The molecule has 0 aromatic carbocycles. The predicted octanol–water partition coefficient (Wildman–Crippen LogP) is 3.03. The van der Waals surface area contributed by atoms with Gasteiger partial charge in [0.1, 0.15) is 5.54 Å². The van der Waals surface area contributed by atoms with Crippen molar-refractivity contribution in [3.63, 3.8) is 0 Å². The molecule has 0 heterocycles. The Labute approximate surface area is 118 Å². The monoisotopic (exact) mass is 273 g/mol. The Morgan fingerprint density at radius 2 is 1.84 bits per heavy atom. The molecule has 3 unspecified atom stereocenters. The van der Waals surface area contributed by atoms with Gasteiger partial charge in [0, 0.05) is 6.42 Å². The molecule has 0 rings (SSSR count). The van der Waals surface area contributed by atoms with Gasteiger partial charge in [0.05, 0.1) is 19.3 Å². The molecule has 0 saturated heterocycles. The minimum absolute atomic E-state index is 0.0460. The molecular weight excluding hydrogens is 242 g/mol. The van der Waals surface area contributed by atoms with Crippen molar-refractivity contribution in [2.45, 2.75) is 84.0 Å². The van der Waals surface area contributed by atoms with Crippen molar-refractivity contribution in [2.75, 3.05) is 7.11 Å². The molecule has 0 aromatic rings. The molecule has 0 aromatic heterocycles. The van der Waals surface area contributed by atoms with Crippen LogP contribution in [0.15, 0.2) is 0 Å². The molecule has 3 atom stereocenters. The number of methoxy groups -OCH3 is 1. The number of unbranched alkanes of at least 4 members (excludes halogenated alkanes) is 3. The van der Waals surface area contributed by atoms with E-state index in [0.717, 1.165) is 6.42 Å². The van der Waals surface area contributed by atoms with Gasteiger partial charge in [-0.1, -0.05) is 32.6 Å². The average Bonchev–Trinajstić information content (AvgIpc) is 2.32. The van der Waals surface area contributed by atoms with Gasteiger partial charge in [0.25, 0.3) is 0 Å². The van der Waals surface area contributed by atoms with Crippen molar-refractivity contribution in [3.05, 3.63) is 0 Å². The zero-order valence-electron chi connectivity index (χ0n) is 13.2. The topological polar surface area (TPSA) is 61.5 Å². The van der Waals surface area contributed by atoms with Gasteiger partial charge in [-0.2, -0.15) is 0 Å². The van der Waals surface area contributed by atoms with E-state index in [1.165, 1.54) is 32.8 Å². The number of hydrogen-bond donors (Lipinski definition) is 1. The standard InChI is InChI=1S/C15H31NO3/c1-6-7-8-9-10-12(2)19-13(3)11-15(4,16)14(17)18-5/h12-13H,6-11,16H2,1-5H3. The number of carbonyl (C=O) groups excluding carboxylic acids is 1. The smallest absolute Gasteiger partial charge is 0.325 e. The maximum atomic E-state index is 11.5. The van der Waals surface area contributed by atoms with Crippen LogP contribution < -0.4 is 5.73 Å². The normalized spacial score (nSPS) is 17.6. The largest absolute Gasteiger partial charge is 0.468 e. The first-order chi connectivity index (χ1) is 8.83. The summed E-state index contributed by atoms with van der Waals surface area (Å²) in [4.78, 5) is 11.5. The molecule has 0 amide bonds. The Balaban J connectivity index is 3.96. The summed E-state index contributed by atoms with van der Waals surface area (Å²) in [6.07, 6.45) is 6.68. The molecule has 114 valence electrons. The van der Waals surface area contributed by atoms with Crippen LogP contribution in [0.1, 0.15) is 66.2 Å². The van der Waals surface area contributed by atoms with Crippen LogP contribution in [0.4, 0.5) is 0 Å². The quantitative estimate of drug-likeness (QED) is 0.491. The van der Waals surface area contributed by atoms with Crippen molar-refractivity contribution < 1.29 is 14.3 Å². The van der Waals surface area contributed by atoms with Crippen LogP contribution in [0.3, 0.4) is 0 Å². The number of carbonyl (C=O) groups is 1. The molecule has 19 heavy (non-hydrogen) atoms. The Bertz CT molecular complexity index is 254. The molecule has 0 radical (unpaired) electrons. The molecule has 0 spiro atoms. The van der Waals surface area contributed by atoms with Gasteiger partial charge in [0.2, 0.25) is 0 Å². The summed E-state index contributed by atoms with van der Waals surface area (Å²) in [5.41, 5.74) is 4.96. The van der Waals surface area contributed by atoms with Gasteiger partial charge < -0.3 is 15.2 Å². The van der Waals surface area contributed by atoms with Crippen molar-refractivity contribution in [1.29, 1.82) is 0 Å². The Kier molecular flexibility index (Phi) is 9.02. The number of ether oxygens (including phenoxy) is 2. The summed E-state index contributed by atoms with van der Waals surface area (Å²) >= 11 is 0. The van der Waals surface area contributed by atoms with Crippen LogP contribution in [0, 0.1) is 0 Å². The molecule has 2 N–H and O–H groups in total. The Morgan fingerprint density at radius 3 is 2.37 bits per heavy atom. The number of nitrogens with two attached hydrogens (primary N) is 1. The van der Waals surface area contributed by atoms with Crippen LogP contribution in [0.25, 0.3) is 0 Å². The average molecular weight is 273 g/mol. The van der Waals surface area contributed by atoms with Crippen molar-refractivity contribution in [2.24, 2.45) is 5.73 Å². The molecule has 0 aliphatic heterocycles. The van der Waals surface area contributed by atoms with Crippen LogP contribution >= 0.6 is 0 Å². The maximum absolute atomic E-state index is 11.5. The third-order valence-electron chi connectivity index (χ3n) is 3.29. The molecule has 0 bridgehead atoms. The lowest BCUT2D eigenvalue weighted by molar-refractivity contribution is -0.148. The summed E-state index contributed by atoms with van der Waals surface area (Å²) in [7, 11) is 1.36. The second-order valence-electron chi connectivity index (χ2n) is 5.72. The second kappa shape index (κ2) is 9.32. The fraction of sp³-hybridized carbons (Fsp3) is 0.933. The fourth-order valence-corrected chi connectivity index (χ4v) is 2.28. The van der Waals surface area contributed by atoms with Gasteiger partial charge in [-0.25, -0.2) is 0 Å². The molecule has 4 nitrogen and oxygen atoms in total. The minimum Gasteiger partial charge on any atom is -0.468 e. The summed E-state index contributed by atoms with van der Waals surface area (Å²) in [6.45, 7) is 7.92. The number of hydrogen-bond acceptors (Lipinski definition) is 4. The summed E-state index contributed by atoms with van der Waals surface area (Å²) in [5, 5.41) is 0. The lowest BCUT2D eigenvalue weighted by Crippen LogP contribution is -2.48. The zero-order valence-corrected chi connectivity index (χ0v) is 13.2. The van der Waals surface area contributed by atoms with Crippen LogP contribution in [0.2, 0.25) is 0 Å². The van der Waals surface area contributed by atoms with Crippen molar-refractivity contribution in [3.8, 4) is 0 Å². The van der Waals surface area contributed by atoms with E-state index in [2.05, 4.69) is 13.8 Å². The third-order valence-corrected chi connectivity index (χ3v) is 3.29. The highest BCUT2D eigenvalue weighted by Crippen LogP contribution is 2.16. The number of esters is 1. The predicted molar refractivity (Wildman–Crippen MR) is 78.0 cm³/mol. The zero-order chi connectivity index (χ0) is 14.9. The van der Waals surface area contributed by atoms with E-state index in [9.17, 15) is 4.79 Å². The Hall–Kier alpha value is -0.610. The van der Waals surface area contributed by atoms with Crippen LogP contribution in [-0.4, -0.2) is 30.8 Å². The molecule has 0 aliphatic carbocycles. The van der Waals surface area contributed by atoms with Crippen molar-refractivity contribution >= 4 is 5.97 Å². The lowest BCUT2D eigenvalue weighted by Gasteiger charge is -2.27. The first-order valence-electron chi connectivity index (χ1n) is 7.36. The third kappa shape index (κ3) is 8.22. The fourth-order valence-electron chi connectivity index (χ4n) is 2.28.